The van der Waals surface area contributed by atoms with Gasteiger partial charge in [0.1, 0.15) is 5.76 Å². The zero-order chi connectivity index (χ0) is 17.7. The molecule has 0 aliphatic carbocycles. The minimum Gasteiger partial charge on any atom is -0.469 e. The number of aryl methyl sites for hydroxylation is 1. The molecular weight excluding hydrogens is 318 g/mol. The van der Waals surface area contributed by atoms with Crippen LogP contribution in [-0.2, 0) is 20.7 Å². The Morgan fingerprint density at radius 3 is 2.56 bits per heavy atom. The number of hydrogen-bond acceptors (Lipinski definition) is 4. The first-order valence-electron chi connectivity index (χ1n) is 8.70. The molecule has 3 rings (SSSR count). The van der Waals surface area contributed by atoms with Crippen molar-refractivity contribution in [3.63, 3.8) is 0 Å². The third-order valence-corrected chi connectivity index (χ3v) is 4.56. The largest absolute Gasteiger partial charge is 0.469 e. The van der Waals surface area contributed by atoms with Crippen LogP contribution in [0.15, 0.2) is 47.1 Å². The first-order chi connectivity index (χ1) is 12.1. The smallest absolute Gasteiger partial charge is 0.228 e. The van der Waals surface area contributed by atoms with E-state index in [4.69, 9.17) is 13.9 Å². The van der Waals surface area contributed by atoms with Crippen molar-refractivity contribution in [3.05, 3.63) is 59.5 Å². The minimum absolute atomic E-state index is 0.0122. The molecule has 25 heavy (non-hydrogen) atoms. The summed E-state index contributed by atoms with van der Waals surface area (Å²) in [5, 5.41) is 3.02. The molecule has 1 N–H and O–H groups in total. The number of benzene rings is 1. The van der Waals surface area contributed by atoms with E-state index in [1.54, 1.807) is 6.26 Å². The van der Waals surface area contributed by atoms with Gasteiger partial charge in [0.2, 0.25) is 5.91 Å². The maximum atomic E-state index is 12.8. The van der Waals surface area contributed by atoms with E-state index < -0.39 is 5.79 Å². The number of hydrogen-bond donors (Lipinski definition) is 1. The molecule has 2 heterocycles. The number of nitrogens with one attached hydrogen (secondary N) is 1. The van der Waals surface area contributed by atoms with Gasteiger partial charge in [0.15, 0.2) is 5.79 Å². The average Bonchev–Trinajstić information content (AvgIpc) is 3.25. The molecule has 0 saturated carbocycles. The van der Waals surface area contributed by atoms with Crippen molar-refractivity contribution in [3.8, 4) is 0 Å². The molecule has 134 valence electrons. The molecule has 2 aromatic rings. The molecule has 5 nitrogen and oxygen atoms in total. The molecule has 0 spiro atoms. The predicted octanol–water partition coefficient (Wildman–Crippen LogP) is 3.18. The lowest BCUT2D eigenvalue weighted by atomic mass is 9.93. The third-order valence-electron chi connectivity index (χ3n) is 4.56. The van der Waals surface area contributed by atoms with Gasteiger partial charge < -0.3 is 19.2 Å². The van der Waals surface area contributed by atoms with Crippen molar-refractivity contribution in [1.29, 1.82) is 0 Å². The Morgan fingerprint density at radius 2 is 1.92 bits per heavy atom. The van der Waals surface area contributed by atoms with Gasteiger partial charge in [-0.3, -0.25) is 4.79 Å². The Balaban J connectivity index is 1.65. The molecule has 1 atom stereocenters. The maximum absolute atomic E-state index is 12.8. The van der Waals surface area contributed by atoms with Gasteiger partial charge in [-0.05, 0) is 31.5 Å². The van der Waals surface area contributed by atoms with Crippen molar-refractivity contribution >= 4 is 5.91 Å². The number of carbonyl (C=O) groups is 1. The van der Waals surface area contributed by atoms with Crippen LogP contribution in [0.25, 0.3) is 0 Å². The van der Waals surface area contributed by atoms with E-state index in [1.807, 2.05) is 50.2 Å². The molecule has 0 bridgehead atoms. The number of rotatable bonds is 7. The summed E-state index contributed by atoms with van der Waals surface area (Å²) >= 11 is 0. The second-order valence-corrected chi connectivity index (χ2v) is 6.62. The Hall–Kier alpha value is -2.11. The molecule has 1 unspecified atom stereocenters. The summed E-state index contributed by atoms with van der Waals surface area (Å²) in [4.78, 5) is 12.8. The van der Waals surface area contributed by atoms with Crippen LogP contribution in [0.2, 0.25) is 0 Å². The van der Waals surface area contributed by atoms with E-state index in [2.05, 4.69) is 5.32 Å². The molecule has 1 aromatic carbocycles. The lowest BCUT2D eigenvalue weighted by Gasteiger charge is -2.23. The lowest BCUT2D eigenvalue weighted by Crippen LogP contribution is -2.36. The quantitative estimate of drug-likeness (QED) is 0.839. The van der Waals surface area contributed by atoms with Gasteiger partial charge in [-0.25, -0.2) is 0 Å². The summed E-state index contributed by atoms with van der Waals surface area (Å²) in [7, 11) is 0. The zero-order valence-corrected chi connectivity index (χ0v) is 14.8. The standard InChI is InChI=1S/C20H25NO4/c1-15-5-7-16(8-6-15)18(14-17-4-3-11-23-17)19(22)21-10-9-20(2)24-12-13-25-20/h3-8,11,18H,9-10,12-14H2,1-2H3,(H,21,22). The molecule has 1 saturated heterocycles. The van der Waals surface area contributed by atoms with Gasteiger partial charge in [-0.2, -0.15) is 0 Å². The summed E-state index contributed by atoms with van der Waals surface area (Å²) in [5.74, 6) is -0.0878. The summed E-state index contributed by atoms with van der Waals surface area (Å²) in [6.45, 7) is 5.67. The van der Waals surface area contributed by atoms with Crippen LogP contribution in [0.4, 0.5) is 0 Å². The van der Waals surface area contributed by atoms with Gasteiger partial charge in [-0.15, -0.1) is 0 Å². The fraction of sp³-hybridized carbons (Fsp3) is 0.450. The molecular formula is C20H25NO4. The van der Waals surface area contributed by atoms with Crippen molar-refractivity contribution in [2.75, 3.05) is 19.8 Å². The van der Waals surface area contributed by atoms with Crippen molar-refractivity contribution < 1.29 is 18.7 Å². The van der Waals surface area contributed by atoms with Crippen molar-refractivity contribution in [2.45, 2.75) is 38.4 Å². The van der Waals surface area contributed by atoms with Crippen LogP contribution < -0.4 is 5.32 Å². The van der Waals surface area contributed by atoms with Gasteiger partial charge in [0.05, 0.1) is 25.4 Å². The van der Waals surface area contributed by atoms with Gasteiger partial charge in [0.25, 0.3) is 0 Å². The molecule has 0 radical (unpaired) electrons. The summed E-state index contributed by atoms with van der Waals surface area (Å²) < 4.78 is 16.6. The highest BCUT2D eigenvalue weighted by molar-refractivity contribution is 5.83. The zero-order valence-electron chi connectivity index (χ0n) is 14.8. The minimum atomic E-state index is -0.590. The summed E-state index contributed by atoms with van der Waals surface area (Å²) in [6, 6.07) is 11.8. The van der Waals surface area contributed by atoms with E-state index in [-0.39, 0.29) is 11.8 Å². The second-order valence-electron chi connectivity index (χ2n) is 6.62. The molecule has 1 amide bonds. The topological polar surface area (TPSA) is 60.7 Å². The molecule has 1 aliphatic rings. The summed E-state index contributed by atoms with van der Waals surface area (Å²) in [5.41, 5.74) is 2.16. The highest BCUT2D eigenvalue weighted by Gasteiger charge is 2.31. The van der Waals surface area contributed by atoms with E-state index >= 15 is 0 Å². The van der Waals surface area contributed by atoms with Crippen molar-refractivity contribution in [1.82, 2.24) is 5.32 Å². The van der Waals surface area contributed by atoms with Gasteiger partial charge in [0, 0.05) is 19.4 Å². The Kier molecular flexibility index (Phi) is 5.56. The van der Waals surface area contributed by atoms with Crippen LogP contribution >= 0.6 is 0 Å². The fourth-order valence-corrected chi connectivity index (χ4v) is 3.03. The molecule has 1 fully saturated rings. The van der Waals surface area contributed by atoms with E-state index in [1.165, 1.54) is 5.56 Å². The monoisotopic (exact) mass is 343 g/mol. The van der Waals surface area contributed by atoms with E-state index in [0.717, 1.165) is 11.3 Å². The van der Waals surface area contributed by atoms with Crippen LogP contribution in [0.3, 0.4) is 0 Å². The van der Waals surface area contributed by atoms with Gasteiger partial charge >= 0.3 is 0 Å². The molecule has 1 aromatic heterocycles. The first kappa shape index (κ1) is 17.7. The SMILES string of the molecule is Cc1ccc(C(Cc2ccco2)C(=O)NCCC2(C)OCCO2)cc1. The third kappa shape index (κ3) is 4.71. The highest BCUT2D eigenvalue weighted by Crippen LogP contribution is 2.24. The first-order valence-corrected chi connectivity index (χ1v) is 8.70. The highest BCUT2D eigenvalue weighted by atomic mass is 16.7. The van der Waals surface area contributed by atoms with Crippen LogP contribution in [0.5, 0.6) is 0 Å². The lowest BCUT2D eigenvalue weighted by molar-refractivity contribution is -0.146. The van der Waals surface area contributed by atoms with E-state index in [0.29, 0.717) is 32.6 Å². The van der Waals surface area contributed by atoms with E-state index in [9.17, 15) is 4.79 Å². The van der Waals surface area contributed by atoms with Gasteiger partial charge in [-0.1, -0.05) is 29.8 Å². The average molecular weight is 343 g/mol. The maximum Gasteiger partial charge on any atom is 0.228 e. The fourth-order valence-electron chi connectivity index (χ4n) is 3.03. The Morgan fingerprint density at radius 1 is 1.20 bits per heavy atom. The number of carbonyl (C=O) groups excluding carboxylic acids is 1. The molecule has 5 heteroatoms. The number of furan rings is 1. The van der Waals surface area contributed by atoms with Crippen LogP contribution in [-0.4, -0.2) is 31.5 Å². The summed E-state index contributed by atoms with van der Waals surface area (Å²) in [6.07, 6.45) is 2.79. The number of ether oxygens (including phenoxy) is 2. The van der Waals surface area contributed by atoms with Crippen LogP contribution in [0, 0.1) is 6.92 Å². The normalized spacial score (nSPS) is 17.4. The Labute approximate surface area is 148 Å². The number of amides is 1. The predicted molar refractivity (Wildman–Crippen MR) is 94.3 cm³/mol. The second kappa shape index (κ2) is 7.85. The molecule has 1 aliphatic heterocycles. The Bertz CT molecular complexity index is 672. The van der Waals surface area contributed by atoms with Crippen molar-refractivity contribution in [2.24, 2.45) is 0 Å². The van der Waals surface area contributed by atoms with Crippen LogP contribution in [0.1, 0.15) is 36.1 Å².